The van der Waals surface area contributed by atoms with Crippen LogP contribution in [0.4, 0.5) is 0 Å². The average molecular weight is 296 g/mol. The standard InChI is InChI=1S/C16H28N2O3/c19-16-14(12-17-4-8-20-9-5-17)2-1-3-15(16)13-18-6-10-21-11-7-18/h14-15H,1-13H2/t14-,15-/m1/s1. The molecule has 21 heavy (non-hydrogen) atoms. The number of hydrogen-bond donors (Lipinski definition) is 0. The van der Waals surface area contributed by atoms with E-state index in [4.69, 9.17) is 9.47 Å². The van der Waals surface area contributed by atoms with Crippen LogP contribution in [-0.4, -0.2) is 81.3 Å². The molecule has 5 heteroatoms. The van der Waals surface area contributed by atoms with Crippen molar-refractivity contribution in [2.45, 2.75) is 19.3 Å². The van der Waals surface area contributed by atoms with Gasteiger partial charge in [-0.1, -0.05) is 6.42 Å². The third kappa shape index (κ3) is 4.25. The lowest BCUT2D eigenvalue weighted by Crippen LogP contribution is -2.46. The molecule has 3 rings (SSSR count). The molecule has 0 aromatic heterocycles. The average Bonchev–Trinajstić information content (AvgIpc) is 2.53. The fraction of sp³-hybridized carbons (Fsp3) is 0.938. The zero-order valence-corrected chi connectivity index (χ0v) is 13.0. The van der Waals surface area contributed by atoms with Crippen molar-refractivity contribution in [3.05, 3.63) is 0 Å². The van der Waals surface area contributed by atoms with Crippen LogP contribution in [0.1, 0.15) is 19.3 Å². The fourth-order valence-corrected chi connectivity index (χ4v) is 3.78. The summed E-state index contributed by atoms with van der Waals surface area (Å²) in [6.07, 6.45) is 3.36. The number of morpholine rings is 2. The fourth-order valence-electron chi connectivity index (χ4n) is 3.78. The summed E-state index contributed by atoms with van der Waals surface area (Å²) in [5, 5.41) is 0. The van der Waals surface area contributed by atoms with E-state index in [9.17, 15) is 4.79 Å². The molecule has 0 aromatic rings. The minimum atomic E-state index is 0.253. The Labute approximate surface area is 127 Å². The predicted molar refractivity (Wildman–Crippen MR) is 80.4 cm³/mol. The Morgan fingerprint density at radius 2 is 1.24 bits per heavy atom. The second kappa shape index (κ2) is 7.68. The lowest BCUT2D eigenvalue weighted by atomic mass is 9.79. The minimum absolute atomic E-state index is 0.253. The Balaban J connectivity index is 1.50. The maximum absolute atomic E-state index is 12.8. The molecule has 0 unspecified atom stereocenters. The van der Waals surface area contributed by atoms with E-state index in [2.05, 4.69) is 9.80 Å². The molecule has 3 aliphatic rings. The molecule has 0 spiro atoms. The highest BCUT2D eigenvalue weighted by molar-refractivity contribution is 5.84. The van der Waals surface area contributed by atoms with Gasteiger partial charge in [0, 0.05) is 51.1 Å². The van der Waals surface area contributed by atoms with Crippen LogP contribution in [0, 0.1) is 11.8 Å². The van der Waals surface area contributed by atoms with E-state index in [0.29, 0.717) is 5.78 Å². The third-order valence-corrected chi connectivity index (χ3v) is 5.07. The van der Waals surface area contributed by atoms with E-state index in [1.807, 2.05) is 0 Å². The smallest absolute Gasteiger partial charge is 0.141 e. The van der Waals surface area contributed by atoms with Crippen LogP contribution in [0.25, 0.3) is 0 Å². The molecule has 1 saturated carbocycles. The quantitative estimate of drug-likeness (QED) is 0.761. The molecule has 2 aliphatic heterocycles. The molecule has 1 aliphatic carbocycles. The Morgan fingerprint density at radius 1 is 0.810 bits per heavy atom. The van der Waals surface area contributed by atoms with Gasteiger partial charge in [-0.2, -0.15) is 0 Å². The van der Waals surface area contributed by atoms with Gasteiger partial charge in [-0.05, 0) is 12.8 Å². The minimum Gasteiger partial charge on any atom is -0.379 e. The van der Waals surface area contributed by atoms with Crippen molar-refractivity contribution >= 4 is 5.78 Å². The van der Waals surface area contributed by atoms with Gasteiger partial charge in [-0.15, -0.1) is 0 Å². The second-order valence-electron chi connectivity index (χ2n) is 6.55. The van der Waals surface area contributed by atoms with Gasteiger partial charge in [-0.25, -0.2) is 0 Å². The van der Waals surface area contributed by atoms with Crippen molar-refractivity contribution in [2.75, 3.05) is 65.7 Å². The molecule has 0 aromatic carbocycles. The zero-order chi connectivity index (χ0) is 14.5. The number of ether oxygens (including phenoxy) is 2. The molecule has 0 radical (unpaired) electrons. The van der Waals surface area contributed by atoms with Crippen molar-refractivity contribution in [3.8, 4) is 0 Å². The summed E-state index contributed by atoms with van der Waals surface area (Å²) in [5.74, 6) is 1.02. The first kappa shape index (κ1) is 15.4. The third-order valence-electron chi connectivity index (χ3n) is 5.07. The highest BCUT2D eigenvalue weighted by Crippen LogP contribution is 2.27. The molecule has 5 nitrogen and oxygen atoms in total. The van der Waals surface area contributed by atoms with Crippen molar-refractivity contribution in [1.29, 1.82) is 0 Å². The monoisotopic (exact) mass is 296 g/mol. The topological polar surface area (TPSA) is 42.0 Å². The van der Waals surface area contributed by atoms with Crippen LogP contribution in [0.3, 0.4) is 0 Å². The largest absolute Gasteiger partial charge is 0.379 e. The molecule has 0 bridgehead atoms. The highest BCUT2D eigenvalue weighted by atomic mass is 16.5. The molecule has 3 fully saturated rings. The Morgan fingerprint density at radius 3 is 1.67 bits per heavy atom. The summed E-state index contributed by atoms with van der Waals surface area (Å²) in [4.78, 5) is 17.6. The molecular formula is C16H28N2O3. The van der Waals surface area contributed by atoms with Crippen LogP contribution in [0.15, 0.2) is 0 Å². The lowest BCUT2D eigenvalue weighted by molar-refractivity contribution is -0.131. The Bertz CT molecular complexity index is 308. The van der Waals surface area contributed by atoms with Gasteiger partial charge in [0.15, 0.2) is 0 Å². The van der Waals surface area contributed by atoms with Crippen LogP contribution in [-0.2, 0) is 14.3 Å². The predicted octanol–water partition coefficient (Wildman–Crippen LogP) is 0.636. The van der Waals surface area contributed by atoms with Gasteiger partial charge >= 0.3 is 0 Å². The zero-order valence-electron chi connectivity index (χ0n) is 13.0. The van der Waals surface area contributed by atoms with Crippen LogP contribution >= 0.6 is 0 Å². The Hall–Kier alpha value is -0.490. The number of nitrogens with zero attached hydrogens (tertiary/aromatic N) is 2. The lowest BCUT2D eigenvalue weighted by Gasteiger charge is -2.36. The van der Waals surface area contributed by atoms with Gasteiger partial charge in [0.2, 0.25) is 0 Å². The van der Waals surface area contributed by atoms with E-state index in [0.717, 1.165) is 78.5 Å². The number of carbonyl (C=O) groups is 1. The molecule has 120 valence electrons. The van der Waals surface area contributed by atoms with Gasteiger partial charge in [-0.3, -0.25) is 14.6 Å². The van der Waals surface area contributed by atoms with E-state index in [-0.39, 0.29) is 11.8 Å². The first-order valence-corrected chi connectivity index (χ1v) is 8.47. The summed E-state index contributed by atoms with van der Waals surface area (Å²) in [6.45, 7) is 9.10. The molecule has 2 atom stereocenters. The van der Waals surface area contributed by atoms with Crippen molar-refractivity contribution in [2.24, 2.45) is 11.8 Å². The van der Waals surface area contributed by atoms with E-state index in [1.165, 1.54) is 6.42 Å². The normalized spacial score (nSPS) is 33.2. The molecule has 0 N–H and O–H groups in total. The van der Waals surface area contributed by atoms with Crippen molar-refractivity contribution in [1.82, 2.24) is 9.80 Å². The highest BCUT2D eigenvalue weighted by Gasteiger charge is 2.33. The van der Waals surface area contributed by atoms with Gasteiger partial charge in [0.25, 0.3) is 0 Å². The Kier molecular flexibility index (Phi) is 5.63. The van der Waals surface area contributed by atoms with Crippen LogP contribution in [0.5, 0.6) is 0 Å². The van der Waals surface area contributed by atoms with Crippen LogP contribution < -0.4 is 0 Å². The van der Waals surface area contributed by atoms with Gasteiger partial charge in [0.1, 0.15) is 5.78 Å². The maximum atomic E-state index is 12.8. The van der Waals surface area contributed by atoms with Gasteiger partial charge < -0.3 is 9.47 Å². The second-order valence-corrected chi connectivity index (χ2v) is 6.55. The summed E-state index contributed by atoms with van der Waals surface area (Å²) in [5.41, 5.74) is 0. The summed E-state index contributed by atoms with van der Waals surface area (Å²) in [7, 11) is 0. The van der Waals surface area contributed by atoms with E-state index < -0.39 is 0 Å². The first-order chi connectivity index (χ1) is 10.3. The molecule has 2 heterocycles. The number of Topliss-reactive ketones (excluding diaryl/α,β-unsaturated/α-hetero) is 1. The number of ketones is 1. The van der Waals surface area contributed by atoms with Crippen molar-refractivity contribution in [3.63, 3.8) is 0 Å². The SMILES string of the molecule is O=C1[C@@H](CN2CCOCC2)CCC[C@@H]1CN1CCOCC1. The van der Waals surface area contributed by atoms with Gasteiger partial charge in [0.05, 0.1) is 26.4 Å². The number of carbonyl (C=O) groups excluding carboxylic acids is 1. The molecule has 0 amide bonds. The molecule has 2 saturated heterocycles. The first-order valence-electron chi connectivity index (χ1n) is 8.47. The maximum Gasteiger partial charge on any atom is 0.141 e. The summed E-state index contributed by atoms with van der Waals surface area (Å²) < 4.78 is 10.8. The van der Waals surface area contributed by atoms with E-state index in [1.54, 1.807) is 0 Å². The number of rotatable bonds is 4. The molecular weight excluding hydrogens is 268 g/mol. The number of hydrogen-bond acceptors (Lipinski definition) is 5. The van der Waals surface area contributed by atoms with Crippen molar-refractivity contribution < 1.29 is 14.3 Å². The summed E-state index contributed by atoms with van der Waals surface area (Å²) >= 11 is 0. The summed E-state index contributed by atoms with van der Waals surface area (Å²) in [6, 6.07) is 0. The van der Waals surface area contributed by atoms with E-state index >= 15 is 0 Å². The van der Waals surface area contributed by atoms with Crippen LogP contribution in [0.2, 0.25) is 0 Å².